The van der Waals surface area contributed by atoms with E-state index in [1.807, 2.05) is 36.4 Å². The summed E-state index contributed by atoms with van der Waals surface area (Å²) < 4.78 is 5.04. The molecule has 0 saturated carbocycles. The Labute approximate surface area is 212 Å². The van der Waals surface area contributed by atoms with Gasteiger partial charge < -0.3 is 9.84 Å². The fourth-order valence-corrected chi connectivity index (χ4v) is 3.69. The van der Waals surface area contributed by atoms with E-state index in [0.717, 1.165) is 42.4 Å². The monoisotopic (exact) mass is 500 g/mol. The van der Waals surface area contributed by atoms with Gasteiger partial charge in [0.05, 0.1) is 17.1 Å². The molecule has 2 rings (SSSR count). The topological polar surface area (TPSA) is 129 Å². The van der Waals surface area contributed by atoms with Crippen LogP contribution in [0.25, 0.3) is 0 Å². The number of nitroso groups, excluding NO2 is 2. The van der Waals surface area contributed by atoms with Gasteiger partial charge in [-0.1, -0.05) is 70.5 Å². The highest BCUT2D eigenvalue weighted by Gasteiger charge is 2.14. The van der Waals surface area contributed by atoms with Gasteiger partial charge in [-0.25, -0.2) is 9.59 Å². The average Bonchev–Trinajstić information content (AvgIpc) is 2.88. The molecule has 0 saturated heterocycles. The molecule has 0 heterocycles. The van der Waals surface area contributed by atoms with Crippen molar-refractivity contribution in [1.82, 2.24) is 10.0 Å². The maximum Gasteiger partial charge on any atom is 0.438 e. The fraction of sp³-hybridized carbons (Fsp3) is 0.462. The van der Waals surface area contributed by atoms with Crippen LogP contribution in [0.2, 0.25) is 0 Å². The van der Waals surface area contributed by atoms with Crippen molar-refractivity contribution in [1.29, 1.82) is 0 Å². The van der Waals surface area contributed by atoms with Crippen molar-refractivity contribution < 1.29 is 19.4 Å². The van der Waals surface area contributed by atoms with Crippen molar-refractivity contribution in [3.8, 4) is 5.75 Å². The summed E-state index contributed by atoms with van der Waals surface area (Å²) in [6, 6.07) is 15.0. The summed E-state index contributed by atoms with van der Waals surface area (Å²) >= 11 is 0. The molecule has 2 amide bonds. The standard InChI is InChI=1S/2C13H18N2O3/c1-4-10(5-2)11-7-6-8-12(9-11)18-13(16)15(3)14-17;1-3-5-10(2)12-7-4-6-11(8-12)9-15(14-18)13(16)17/h6-10H,4-5H2,1-3H3;4,6-8,10H,3,5,9H2,1-2H3,(H,16,17). The number of rotatable bonds is 11. The number of ether oxygens (including phenoxy) is 1. The SMILES string of the molecule is CCC(CC)c1cccc(OC(=O)N(C)N=O)c1.CCCC(C)c1cccc(CN(N=O)C(=O)O)c1. The molecule has 0 radical (unpaired) electrons. The highest BCUT2D eigenvalue weighted by molar-refractivity contribution is 5.69. The number of hydrogen-bond acceptors (Lipinski definition) is 7. The van der Waals surface area contributed by atoms with Crippen LogP contribution < -0.4 is 4.74 Å². The third kappa shape index (κ3) is 9.81. The van der Waals surface area contributed by atoms with Crippen LogP contribution in [0.3, 0.4) is 0 Å². The van der Waals surface area contributed by atoms with Gasteiger partial charge in [0.15, 0.2) is 0 Å². The molecular formula is C26H36N4O6. The second-order valence-corrected chi connectivity index (χ2v) is 8.42. The average molecular weight is 501 g/mol. The second-order valence-electron chi connectivity index (χ2n) is 8.42. The molecule has 2 aromatic rings. The van der Waals surface area contributed by atoms with Crippen molar-refractivity contribution in [2.45, 2.75) is 71.8 Å². The molecule has 0 bridgehead atoms. The van der Waals surface area contributed by atoms with Gasteiger partial charge in [-0.3, -0.25) is 0 Å². The van der Waals surface area contributed by atoms with E-state index in [9.17, 15) is 19.4 Å². The Morgan fingerprint density at radius 2 is 1.61 bits per heavy atom. The fourth-order valence-electron chi connectivity index (χ4n) is 3.69. The van der Waals surface area contributed by atoms with Crippen molar-refractivity contribution in [3.05, 3.63) is 75.0 Å². The Morgan fingerprint density at radius 3 is 2.17 bits per heavy atom. The summed E-state index contributed by atoms with van der Waals surface area (Å²) in [6.45, 7) is 8.50. The van der Waals surface area contributed by atoms with E-state index in [0.29, 0.717) is 27.6 Å². The highest BCUT2D eigenvalue weighted by Crippen LogP contribution is 2.26. The van der Waals surface area contributed by atoms with Gasteiger partial charge in [0, 0.05) is 7.05 Å². The molecule has 196 valence electrons. The molecule has 1 unspecified atom stereocenters. The molecule has 0 aromatic heterocycles. The first kappa shape index (κ1) is 30.2. The summed E-state index contributed by atoms with van der Waals surface area (Å²) in [5.41, 5.74) is 3.06. The van der Waals surface area contributed by atoms with Crippen LogP contribution in [-0.4, -0.2) is 34.4 Å². The first-order valence-electron chi connectivity index (χ1n) is 12.0. The number of amides is 2. The van der Waals surface area contributed by atoms with Crippen molar-refractivity contribution >= 4 is 12.2 Å². The van der Waals surface area contributed by atoms with Crippen LogP contribution in [0, 0.1) is 9.81 Å². The molecule has 0 fully saturated rings. The maximum atomic E-state index is 11.4. The first-order chi connectivity index (χ1) is 17.2. The van der Waals surface area contributed by atoms with Crippen molar-refractivity contribution in [2.24, 2.45) is 10.6 Å². The largest absolute Gasteiger partial charge is 0.464 e. The summed E-state index contributed by atoms with van der Waals surface area (Å²) in [4.78, 5) is 42.6. The molecule has 1 N–H and O–H groups in total. The Hall–Kier alpha value is -3.82. The minimum absolute atomic E-state index is 0.00841. The van der Waals surface area contributed by atoms with Crippen LogP contribution in [0.1, 0.15) is 81.9 Å². The number of carbonyl (C=O) groups is 2. The van der Waals surface area contributed by atoms with Crippen LogP contribution in [0.4, 0.5) is 9.59 Å². The lowest BCUT2D eigenvalue weighted by Crippen LogP contribution is -2.24. The number of carboxylic acid groups (broad SMARTS) is 1. The van der Waals surface area contributed by atoms with E-state index in [1.165, 1.54) is 7.05 Å². The van der Waals surface area contributed by atoms with Crippen LogP contribution in [0.15, 0.2) is 59.1 Å². The van der Waals surface area contributed by atoms with E-state index in [1.54, 1.807) is 12.1 Å². The van der Waals surface area contributed by atoms with Crippen molar-refractivity contribution in [2.75, 3.05) is 7.05 Å². The lowest BCUT2D eigenvalue weighted by atomic mass is 9.94. The van der Waals surface area contributed by atoms with Gasteiger partial charge in [0.25, 0.3) is 0 Å². The van der Waals surface area contributed by atoms with E-state index >= 15 is 0 Å². The number of nitrogens with zero attached hydrogens (tertiary/aromatic N) is 4. The lowest BCUT2D eigenvalue weighted by Gasteiger charge is -2.14. The van der Waals surface area contributed by atoms with Gasteiger partial charge in [-0.05, 0) is 59.9 Å². The smallest absolute Gasteiger partial charge is 0.438 e. The highest BCUT2D eigenvalue weighted by atomic mass is 16.6. The molecule has 36 heavy (non-hydrogen) atoms. The minimum atomic E-state index is -1.34. The normalized spacial score (nSPS) is 11.1. The summed E-state index contributed by atoms with van der Waals surface area (Å²) in [5.74, 6) is 1.31. The summed E-state index contributed by atoms with van der Waals surface area (Å²) in [5, 5.41) is 14.8. The number of benzene rings is 2. The first-order valence-corrected chi connectivity index (χ1v) is 12.0. The Morgan fingerprint density at radius 1 is 0.972 bits per heavy atom. The van der Waals surface area contributed by atoms with Crippen LogP contribution >= 0.6 is 0 Å². The molecule has 10 heteroatoms. The number of hydrogen-bond donors (Lipinski definition) is 1. The van der Waals surface area contributed by atoms with E-state index in [4.69, 9.17) is 9.84 Å². The molecule has 0 aliphatic rings. The molecule has 0 spiro atoms. The summed E-state index contributed by atoms with van der Waals surface area (Å²) in [6.07, 6.45) is 2.12. The molecule has 1 atom stereocenters. The molecule has 0 aliphatic carbocycles. The van der Waals surface area contributed by atoms with Crippen molar-refractivity contribution in [3.63, 3.8) is 0 Å². The zero-order valence-corrected chi connectivity index (χ0v) is 21.6. The third-order valence-electron chi connectivity index (χ3n) is 5.80. The quantitative estimate of drug-likeness (QED) is 0.252. The number of carbonyl (C=O) groups excluding carboxylic acids is 1. The third-order valence-corrected chi connectivity index (χ3v) is 5.80. The van der Waals surface area contributed by atoms with E-state index < -0.39 is 12.2 Å². The lowest BCUT2D eigenvalue weighted by molar-refractivity contribution is 0.143. The molecule has 0 aliphatic heterocycles. The molecule has 10 nitrogen and oxygen atoms in total. The molecular weight excluding hydrogens is 464 g/mol. The zero-order valence-electron chi connectivity index (χ0n) is 21.6. The van der Waals surface area contributed by atoms with Gasteiger partial charge >= 0.3 is 12.2 Å². The Bertz CT molecular complexity index is 996. The Balaban J connectivity index is 0.000000360. The minimum Gasteiger partial charge on any atom is -0.464 e. The summed E-state index contributed by atoms with van der Waals surface area (Å²) in [7, 11) is 1.25. The Kier molecular flexibility index (Phi) is 13.4. The van der Waals surface area contributed by atoms with E-state index in [-0.39, 0.29) is 6.54 Å². The maximum absolute atomic E-state index is 11.4. The van der Waals surface area contributed by atoms with E-state index in [2.05, 4.69) is 38.3 Å². The van der Waals surface area contributed by atoms with Crippen LogP contribution in [0.5, 0.6) is 5.75 Å². The predicted molar refractivity (Wildman–Crippen MR) is 138 cm³/mol. The second kappa shape index (κ2) is 16.0. The van der Waals surface area contributed by atoms with Gasteiger partial charge in [0.2, 0.25) is 0 Å². The van der Waals surface area contributed by atoms with Gasteiger partial charge in [-0.15, -0.1) is 9.81 Å². The van der Waals surface area contributed by atoms with Crippen LogP contribution in [-0.2, 0) is 6.54 Å². The van der Waals surface area contributed by atoms with Gasteiger partial charge in [-0.2, -0.15) is 10.0 Å². The van der Waals surface area contributed by atoms with Gasteiger partial charge in [0.1, 0.15) is 5.75 Å². The zero-order chi connectivity index (χ0) is 27.1. The predicted octanol–water partition coefficient (Wildman–Crippen LogP) is 7.45. The molecule has 2 aromatic carbocycles.